The molecule has 1 amide bonds. The topological polar surface area (TPSA) is 92.3 Å². The van der Waals surface area contributed by atoms with Gasteiger partial charge in [0.1, 0.15) is 12.0 Å². The molecule has 190 valence electrons. The first-order valence-electron chi connectivity index (χ1n) is 12.9. The van der Waals surface area contributed by atoms with Gasteiger partial charge in [0, 0.05) is 43.3 Å². The number of hydrogen-bond donors (Lipinski definition) is 1. The number of rotatable bonds is 8. The molecule has 5 rings (SSSR count). The Morgan fingerprint density at radius 1 is 1.00 bits per heavy atom. The largest absolute Gasteiger partial charge is 0.330 e. The van der Waals surface area contributed by atoms with E-state index in [9.17, 15) is 14.4 Å². The van der Waals surface area contributed by atoms with Crippen LogP contribution in [0.4, 0.5) is 0 Å². The zero-order valence-electron chi connectivity index (χ0n) is 21.2. The maximum atomic E-state index is 14.4. The van der Waals surface area contributed by atoms with E-state index in [1.807, 2.05) is 36.4 Å². The number of nitrogens with zero attached hydrogens (tertiary/aromatic N) is 3. The summed E-state index contributed by atoms with van der Waals surface area (Å²) in [5.41, 5.74) is 3.46. The molecule has 2 aliphatic rings. The lowest BCUT2D eigenvalue weighted by Crippen LogP contribution is -2.46. The van der Waals surface area contributed by atoms with E-state index in [1.165, 1.54) is 0 Å². The molecule has 0 bridgehead atoms. The lowest BCUT2D eigenvalue weighted by atomic mass is 9.78. The molecule has 0 saturated carbocycles. The Balaban J connectivity index is 1.53. The van der Waals surface area contributed by atoms with Gasteiger partial charge >= 0.3 is 0 Å². The summed E-state index contributed by atoms with van der Waals surface area (Å²) in [4.78, 5) is 51.1. The average molecular weight is 497 g/mol. The Bertz CT molecular complexity index is 1280. The molecule has 1 N–H and O–H groups in total. The third-order valence-corrected chi connectivity index (χ3v) is 7.45. The van der Waals surface area contributed by atoms with Gasteiger partial charge in [0.15, 0.2) is 11.6 Å². The van der Waals surface area contributed by atoms with Crippen molar-refractivity contribution in [3.63, 3.8) is 0 Å². The average Bonchev–Trinajstić information content (AvgIpc) is 3.51. The maximum Gasteiger partial charge on any atom is 0.238 e. The molecule has 1 aromatic carbocycles. The summed E-state index contributed by atoms with van der Waals surface area (Å²) in [6.45, 7) is 4.90. The van der Waals surface area contributed by atoms with Crippen LogP contribution in [-0.2, 0) is 14.4 Å². The molecule has 0 aliphatic carbocycles. The van der Waals surface area contributed by atoms with Crippen molar-refractivity contribution in [1.82, 2.24) is 20.2 Å². The van der Waals surface area contributed by atoms with Crippen LogP contribution in [0.25, 0.3) is 11.1 Å². The summed E-state index contributed by atoms with van der Waals surface area (Å²) in [5, 5.41) is 3.21. The van der Waals surface area contributed by atoms with Crippen molar-refractivity contribution in [3.05, 3.63) is 84.4 Å². The zero-order chi connectivity index (χ0) is 25.9. The van der Waals surface area contributed by atoms with Crippen LogP contribution in [0.15, 0.2) is 73.3 Å². The lowest BCUT2D eigenvalue weighted by Gasteiger charge is -2.29. The second-order valence-electron chi connectivity index (χ2n) is 10.4. The molecule has 2 fully saturated rings. The van der Waals surface area contributed by atoms with E-state index in [-0.39, 0.29) is 36.0 Å². The van der Waals surface area contributed by atoms with Crippen LogP contribution in [0.1, 0.15) is 49.7 Å². The molecular formula is C30H32N4O3. The molecule has 2 aromatic heterocycles. The van der Waals surface area contributed by atoms with E-state index in [2.05, 4.69) is 29.1 Å². The minimum Gasteiger partial charge on any atom is -0.330 e. The molecule has 0 spiro atoms. The van der Waals surface area contributed by atoms with Crippen LogP contribution >= 0.6 is 0 Å². The molecule has 3 aromatic rings. The molecule has 2 aliphatic heterocycles. The highest BCUT2D eigenvalue weighted by atomic mass is 16.2. The standard InChI is InChI=1S/C30H32N4O3/c1-19(2)15-24(22-6-3-5-21(16-22)20-8-12-31-13-9-20)29(36)27(23-7-4-11-32-17-23)30(37)34-14-10-25-28(34)26(35)18-33-25/h3-9,11-13,16-17,19,24-25,27-28,33H,10,14-15,18H2,1-2H3. The zero-order valence-corrected chi connectivity index (χ0v) is 21.2. The number of fused-ring (bicyclic) bond motifs is 1. The van der Waals surface area contributed by atoms with Crippen molar-refractivity contribution in [2.75, 3.05) is 13.1 Å². The number of hydrogen-bond acceptors (Lipinski definition) is 6. The number of carbonyl (C=O) groups is 3. The van der Waals surface area contributed by atoms with Gasteiger partial charge in [0.25, 0.3) is 0 Å². The van der Waals surface area contributed by atoms with Crippen molar-refractivity contribution in [1.29, 1.82) is 0 Å². The van der Waals surface area contributed by atoms with Gasteiger partial charge in [-0.2, -0.15) is 0 Å². The molecule has 4 unspecified atom stereocenters. The van der Waals surface area contributed by atoms with Crippen molar-refractivity contribution in [3.8, 4) is 11.1 Å². The van der Waals surface area contributed by atoms with Gasteiger partial charge in [-0.1, -0.05) is 44.2 Å². The van der Waals surface area contributed by atoms with Crippen LogP contribution in [0.5, 0.6) is 0 Å². The summed E-state index contributed by atoms with van der Waals surface area (Å²) in [6, 6.07) is 14.9. The van der Waals surface area contributed by atoms with Gasteiger partial charge in [0.2, 0.25) is 5.91 Å². The Morgan fingerprint density at radius 3 is 2.51 bits per heavy atom. The Labute approximate surface area is 217 Å². The van der Waals surface area contributed by atoms with E-state index >= 15 is 0 Å². The number of benzene rings is 1. The quantitative estimate of drug-likeness (QED) is 0.478. The first-order valence-corrected chi connectivity index (χ1v) is 12.9. The van der Waals surface area contributed by atoms with Crippen molar-refractivity contribution >= 4 is 17.5 Å². The highest BCUT2D eigenvalue weighted by molar-refractivity contribution is 6.10. The fourth-order valence-corrected chi connectivity index (χ4v) is 5.70. The Morgan fingerprint density at radius 2 is 1.78 bits per heavy atom. The van der Waals surface area contributed by atoms with Gasteiger partial charge in [-0.3, -0.25) is 24.4 Å². The predicted molar refractivity (Wildman–Crippen MR) is 141 cm³/mol. The number of pyridine rings is 2. The number of likely N-dealkylation sites (tertiary alicyclic amines) is 1. The lowest BCUT2D eigenvalue weighted by molar-refractivity contribution is -0.141. The van der Waals surface area contributed by atoms with Gasteiger partial charge in [0.05, 0.1) is 6.54 Å². The number of nitrogens with one attached hydrogen (secondary N) is 1. The summed E-state index contributed by atoms with van der Waals surface area (Å²) in [7, 11) is 0. The van der Waals surface area contributed by atoms with E-state index in [0.717, 1.165) is 16.7 Å². The summed E-state index contributed by atoms with van der Waals surface area (Å²) >= 11 is 0. The third kappa shape index (κ3) is 5.09. The molecular weight excluding hydrogens is 464 g/mol. The Hall–Kier alpha value is -3.71. The molecule has 2 saturated heterocycles. The Kier molecular flexibility index (Phi) is 7.24. The summed E-state index contributed by atoms with van der Waals surface area (Å²) < 4.78 is 0. The molecule has 7 nitrogen and oxygen atoms in total. The van der Waals surface area contributed by atoms with E-state index < -0.39 is 17.9 Å². The van der Waals surface area contributed by atoms with Gasteiger partial charge in [-0.15, -0.1) is 0 Å². The van der Waals surface area contributed by atoms with Crippen molar-refractivity contribution in [2.45, 2.75) is 50.6 Å². The number of carbonyl (C=O) groups excluding carboxylic acids is 3. The van der Waals surface area contributed by atoms with Gasteiger partial charge in [-0.25, -0.2) is 0 Å². The summed E-state index contributed by atoms with van der Waals surface area (Å²) in [5.74, 6) is -1.71. The van der Waals surface area contributed by atoms with Gasteiger partial charge < -0.3 is 10.2 Å². The fourth-order valence-electron chi connectivity index (χ4n) is 5.70. The second-order valence-corrected chi connectivity index (χ2v) is 10.4. The molecule has 4 heterocycles. The van der Waals surface area contributed by atoms with E-state index in [1.54, 1.807) is 41.8 Å². The first kappa shape index (κ1) is 25.0. The first-order chi connectivity index (χ1) is 17.9. The normalized spacial score (nSPS) is 20.6. The number of Topliss-reactive ketones (excluding diaryl/α,β-unsaturated/α-hetero) is 2. The van der Waals surface area contributed by atoms with Crippen LogP contribution in [0, 0.1) is 5.92 Å². The van der Waals surface area contributed by atoms with Crippen molar-refractivity contribution in [2.24, 2.45) is 5.92 Å². The molecule has 4 atom stereocenters. The van der Waals surface area contributed by atoms with Crippen molar-refractivity contribution < 1.29 is 14.4 Å². The summed E-state index contributed by atoms with van der Waals surface area (Å²) in [6.07, 6.45) is 8.05. The fraction of sp³-hybridized carbons (Fsp3) is 0.367. The number of ketones is 2. The number of aromatic nitrogens is 2. The predicted octanol–water partition coefficient (Wildman–Crippen LogP) is 3.77. The van der Waals surface area contributed by atoms with Crippen LogP contribution in [0.2, 0.25) is 0 Å². The SMILES string of the molecule is CC(C)CC(C(=O)C(C(=O)N1CCC2NCC(=O)C21)c1cccnc1)c1cccc(-c2ccncc2)c1. The highest BCUT2D eigenvalue weighted by Gasteiger charge is 2.48. The van der Waals surface area contributed by atoms with Crippen LogP contribution < -0.4 is 5.32 Å². The second kappa shape index (κ2) is 10.7. The van der Waals surface area contributed by atoms with Crippen LogP contribution in [0.3, 0.4) is 0 Å². The monoisotopic (exact) mass is 496 g/mol. The molecule has 7 heteroatoms. The van der Waals surface area contributed by atoms with Crippen LogP contribution in [-0.4, -0.2) is 57.5 Å². The molecule has 0 radical (unpaired) electrons. The minimum atomic E-state index is -1.02. The van der Waals surface area contributed by atoms with E-state index in [0.29, 0.717) is 24.9 Å². The minimum absolute atomic E-state index is 0.0111. The van der Waals surface area contributed by atoms with Gasteiger partial charge in [-0.05, 0) is 59.2 Å². The smallest absolute Gasteiger partial charge is 0.238 e. The van der Waals surface area contributed by atoms with E-state index in [4.69, 9.17) is 0 Å². The third-order valence-electron chi connectivity index (χ3n) is 7.45. The highest BCUT2D eigenvalue weighted by Crippen LogP contribution is 2.36. The number of amides is 1. The maximum absolute atomic E-state index is 14.4. The molecule has 37 heavy (non-hydrogen) atoms.